The minimum Gasteiger partial charge on any atom is -0.495 e. The number of benzene rings is 1. The average molecular weight is 390 g/mol. The predicted octanol–water partition coefficient (Wildman–Crippen LogP) is 4.06. The molecule has 3 aromatic rings. The van der Waals surface area contributed by atoms with Gasteiger partial charge in [-0.15, -0.1) is 11.3 Å². The highest BCUT2D eigenvalue weighted by molar-refractivity contribution is 7.13. The number of ether oxygens (including phenoxy) is 2. The van der Waals surface area contributed by atoms with E-state index in [1.165, 1.54) is 25.6 Å². The summed E-state index contributed by atoms with van der Waals surface area (Å²) >= 11 is 7.57. The van der Waals surface area contributed by atoms with Crippen molar-refractivity contribution >= 4 is 34.5 Å². The van der Waals surface area contributed by atoms with Gasteiger partial charge in [0.05, 0.1) is 42.7 Å². The van der Waals surface area contributed by atoms with Crippen molar-refractivity contribution in [3.63, 3.8) is 0 Å². The van der Waals surface area contributed by atoms with Crippen LogP contribution in [-0.4, -0.2) is 30.1 Å². The highest BCUT2D eigenvalue weighted by Gasteiger charge is 2.14. The molecule has 0 radical (unpaired) electrons. The normalized spacial score (nSPS) is 10.4. The number of rotatable bonds is 6. The minimum atomic E-state index is -0.220. The van der Waals surface area contributed by atoms with Crippen LogP contribution in [0.25, 0.3) is 10.7 Å². The largest absolute Gasteiger partial charge is 0.495 e. The molecular formula is C18H16ClN3O3S. The molecule has 0 bridgehead atoms. The fourth-order valence-corrected chi connectivity index (χ4v) is 3.35. The van der Waals surface area contributed by atoms with Crippen molar-refractivity contribution in [1.82, 2.24) is 9.97 Å². The number of amides is 1. The van der Waals surface area contributed by atoms with Gasteiger partial charge in [-0.3, -0.25) is 9.78 Å². The molecule has 8 heteroatoms. The van der Waals surface area contributed by atoms with Gasteiger partial charge in [0.25, 0.3) is 0 Å². The van der Waals surface area contributed by atoms with Crippen molar-refractivity contribution in [3.8, 4) is 22.2 Å². The second-order valence-electron chi connectivity index (χ2n) is 5.27. The molecule has 0 aliphatic rings. The molecule has 2 heterocycles. The molecule has 1 amide bonds. The molecule has 0 saturated heterocycles. The molecule has 0 unspecified atom stereocenters. The summed E-state index contributed by atoms with van der Waals surface area (Å²) in [5, 5.41) is 5.81. The summed E-state index contributed by atoms with van der Waals surface area (Å²) in [5.41, 5.74) is 1.93. The molecule has 26 heavy (non-hydrogen) atoms. The highest BCUT2D eigenvalue weighted by atomic mass is 35.5. The van der Waals surface area contributed by atoms with Crippen molar-refractivity contribution < 1.29 is 14.3 Å². The summed E-state index contributed by atoms with van der Waals surface area (Å²) < 4.78 is 10.4. The number of carbonyl (C=O) groups is 1. The first kappa shape index (κ1) is 18.2. The number of hydrogen-bond acceptors (Lipinski definition) is 6. The van der Waals surface area contributed by atoms with Gasteiger partial charge in [0.1, 0.15) is 16.5 Å². The number of nitrogens with zero attached hydrogens (tertiary/aromatic N) is 2. The first-order chi connectivity index (χ1) is 12.6. The van der Waals surface area contributed by atoms with Crippen LogP contribution in [0.5, 0.6) is 11.5 Å². The number of carbonyl (C=O) groups excluding carboxylic acids is 1. The Bertz CT molecular complexity index is 915. The topological polar surface area (TPSA) is 73.3 Å². The number of anilines is 1. The van der Waals surface area contributed by atoms with E-state index in [-0.39, 0.29) is 12.3 Å². The summed E-state index contributed by atoms with van der Waals surface area (Å²) in [4.78, 5) is 21.1. The van der Waals surface area contributed by atoms with Gasteiger partial charge in [-0.05, 0) is 18.2 Å². The van der Waals surface area contributed by atoms with E-state index in [0.29, 0.717) is 27.9 Å². The van der Waals surface area contributed by atoms with Gasteiger partial charge >= 0.3 is 0 Å². The number of halogens is 1. The third-order valence-corrected chi connectivity index (χ3v) is 4.73. The maximum Gasteiger partial charge on any atom is 0.230 e. The number of nitrogens with one attached hydrogen (secondary N) is 1. The summed E-state index contributed by atoms with van der Waals surface area (Å²) in [5.74, 6) is 0.718. The SMILES string of the molecule is COc1cc(OC)c(NC(=O)Cc2csc(-c3ccccn3)n2)cc1Cl. The van der Waals surface area contributed by atoms with Crippen LogP contribution in [0.2, 0.25) is 5.02 Å². The fourth-order valence-electron chi connectivity index (χ4n) is 2.31. The Kier molecular flexibility index (Phi) is 5.70. The van der Waals surface area contributed by atoms with E-state index in [0.717, 1.165) is 10.7 Å². The highest BCUT2D eigenvalue weighted by Crippen LogP contribution is 2.36. The van der Waals surface area contributed by atoms with Gasteiger partial charge in [-0.1, -0.05) is 17.7 Å². The lowest BCUT2D eigenvalue weighted by atomic mass is 10.2. The van der Waals surface area contributed by atoms with Crippen LogP contribution in [-0.2, 0) is 11.2 Å². The van der Waals surface area contributed by atoms with Crippen LogP contribution in [0.3, 0.4) is 0 Å². The van der Waals surface area contributed by atoms with Crippen molar-refractivity contribution in [2.24, 2.45) is 0 Å². The quantitative estimate of drug-likeness (QED) is 0.688. The van der Waals surface area contributed by atoms with Crippen LogP contribution in [0.1, 0.15) is 5.69 Å². The monoisotopic (exact) mass is 389 g/mol. The van der Waals surface area contributed by atoms with Crippen molar-refractivity contribution in [2.75, 3.05) is 19.5 Å². The zero-order chi connectivity index (χ0) is 18.5. The molecule has 3 rings (SSSR count). The molecular weight excluding hydrogens is 374 g/mol. The molecule has 0 saturated carbocycles. The molecule has 0 spiro atoms. The van der Waals surface area contributed by atoms with Crippen LogP contribution >= 0.6 is 22.9 Å². The van der Waals surface area contributed by atoms with Gasteiger partial charge in [0.2, 0.25) is 5.91 Å². The number of hydrogen-bond donors (Lipinski definition) is 1. The lowest BCUT2D eigenvalue weighted by Crippen LogP contribution is -2.15. The number of pyridine rings is 1. The number of thiazole rings is 1. The molecule has 1 aromatic carbocycles. The summed E-state index contributed by atoms with van der Waals surface area (Å²) in [7, 11) is 3.03. The van der Waals surface area contributed by atoms with Crippen LogP contribution in [0.4, 0.5) is 5.69 Å². The standard InChI is InChI=1S/C18H16ClN3O3S/c1-24-15-9-16(25-2)14(8-12(15)19)22-17(23)7-11-10-26-18(21-11)13-5-3-4-6-20-13/h3-6,8-10H,7H2,1-2H3,(H,22,23). The third kappa shape index (κ3) is 4.12. The Morgan fingerprint density at radius 1 is 1.23 bits per heavy atom. The Morgan fingerprint density at radius 2 is 2.04 bits per heavy atom. The zero-order valence-corrected chi connectivity index (χ0v) is 15.7. The lowest BCUT2D eigenvalue weighted by molar-refractivity contribution is -0.115. The van der Waals surface area contributed by atoms with Gasteiger partial charge < -0.3 is 14.8 Å². The molecule has 2 aromatic heterocycles. The van der Waals surface area contributed by atoms with Gasteiger partial charge in [0.15, 0.2) is 0 Å². The predicted molar refractivity (Wildman–Crippen MR) is 102 cm³/mol. The lowest BCUT2D eigenvalue weighted by Gasteiger charge is -2.12. The zero-order valence-electron chi connectivity index (χ0n) is 14.2. The molecule has 1 N–H and O–H groups in total. The van der Waals surface area contributed by atoms with Crippen LogP contribution < -0.4 is 14.8 Å². The van der Waals surface area contributed by atoms with E-state index in [2.05, 4.69) is 15.3 Å². The van der Waals surface area contributed by atoms with Crippen molar-refractivity contribution in [2.45, 2.75) is 6.42 Å². The minimum absolute atomic E-state index is 0.135. The Hall–Kier alpha value is -2.64. The van der Waals surface area contributed by atoms with E-state index in [4.69, 9.17) is 21.1 Å². The summed E-state index contributed by atoms with van der Waals surface area (Å²) in [6.45, 7) is 0. The van der Waals surface area contributed by atoms with Gasteiger partial charge in [-0.2, -0.15) is 0 Å². The molecule has 0 atom stereocenters. The van der Waals surface area contributed by atoms with Crippen LogP contribution in [0.15, 0.2) is 41.9 Å². The molecule has 0 aliphatic carbocycles. The van der Waals surface area contributed by atoms with Gasteiger partial charge in [0, 0.05) is 17.6 Å². The smallest absolute Gasteiger partial charge is 0.230 e. The third-order valence-electron chi connectivity index (χ3n) is 3.53. The number of aromatic nitrogens is 2. The average Bonchev–Trinajstić information content (AvgIpc) is 3.11. The Balaban J connectivity index is 1.72. The maximum absolute atomic E-state index is 12.4. The van der Waals surface area contributed by atoms with E-state index in [9.17, 15) is 4.79 Å². The Labute approximate surface area is 159 Å². The molecule has 6 nitrogen and oxygen atoms in total. The van der Waals surface area contributed by atoms with E-state index in [1.807, 2.05) is 23.6 Å². The van der Waals surface area contributed by atoms with Gasteiger partial charge in [-0.25, -0.2) is 4.98 Å². The second kappa shape index (κ2) is 8.16. The fraction of sp³-hybridized carbons (Fsp3) is 0.167. The first-order valence-corrected chi connectivity index (χ1v) is 8.93. The number of methoxy groups -OCH3 is 2. The second-order valence-corrected chi connectivity index (χ2v) is 6.54. The van der Waals surface area contributed by atoms with Crippen molar-refractivity contribution in [1.29, 1.82) is 0 Å². The van der Waals surface area contributed by atoms with Crippen molar-refractivity contribution in [3.05, 3.63) is 52.6 Å². The first-order valence-electron chi connectivity index (χ1n) is 7.68. The van der Waals surface area contributed by atoms with Crippen LogP contribution in [0, 0.1) is 0 Å². The molecule has 0 aliphatic heterocycles. The molecule has 0 fully saturated rings. The van der Waals surface area contributed by atoms with E-state index >= 15 is 0 Å². The van der Waals surface area contributed by atoms with E-state index < -0.39 is 0 Å². The summed E-state index contributed by atoms with van der Waals surface area (Å²) in [6.07, 6.45) is 1.85. The maximum atomic E-state index is 12.4. The Morgan fingerprint density at radius 3 is 2.73 bits per heavy atom. The molecule has 134 valence electrons. The summed E-state index contributed by atoms with van der Waals surface area (Å²) in [6, 6.07) is 8.85. The van der Waals surface area contributed by atoms with E-state index in [1.54, 1.807) is 18.3 Å².